The summed E-state index contributed by atoms with van der Waals surface area (Å²) < 4.78 is 15.1. The Hall–Kier alpha value is -2.21. The van der Waals surface area contributed by atoms with Crippen LogP contribution in [0.15, 0.2) is 24.3 Å². The van der Waals surface area contributed by atoms with Crippen LogP contribution in [-0.4, -0.2) is 20.8 Å². The summed E-state index contributed by atoms with van der Waals surface area (Å²) in [5, 5.41) is 17.6. The number of aliphatic hydroxyl groups is 1. The standard InChI is InChI=1S/C18H24FN3O2/c1-6-18(24,11(2)3)13-9-7-8-10-14(13)20-17(23)15-12(4)21-22(5)16(15)19/h7-11,24H,6H2,1-5H3,(H,20,23). The number of hydrogen-bond acceptors (Lipinski definition) is 3. The predicted molar refractivity (Wildman–Crippen MR) is 91.3 cm³/mol. The van der Waals surface area contributed by atoms with Crippen molar-refractivity contribution in [2.45, 2.75) is 39.7 Å². The molecule has 130 valence electrons. The molecule has 5 nitrogen and oxygen atoms in total. The normalized spacial score (nSPS) is 13.8. The number of aromatic nitrogens is 2. The van der Waals surface area contributed by atoms with E-state index in [0.29, 0.717) is 23.4 Å². The lowest BCUT2D eigenvalue weighted by atomic mass is 9.80. The van der Waals surface area contributed by atoms with Crippen LogP contribution in [0.5, 0.6) is 0 Å². The molecule has 2 aromatic rings. The van der Waals surface area contributed by atoms with Crippen molar-refractivity contribution in [2.75, 3.05) is 5.32 Å². The maximum absolute atomic E-state index is 14.1. The summed E-state index contributed by atoms with van der Waals surface area (Å²) in [6.07, 6.45) is 0.498. The first kappa shape index (κ1) is 18.1. The first-order valence-electron chi connectivity index (χ1n) is 8.04. The van der Waals surface area contributed by atoms with Gasteiger partial charge in [-0.05, 0) is 25.3 Å². The number of para-hydroxylation sites is 1. The SMILES string of the molecule is CCC(O)(c1ccccc1NC(=O)c1c(C)nn(C)c1F)C(C)C. The van der Waals surface area contributed by atoms with Crippen molar-refractivity contribution in [2.24, 2.45) is 13.0 Å². The predicted octanol–water partition coefficient (Wildman–Crippen LogP) is 3.37. The highest BCUT2D eigenvalue weighted by atomic mass is 19.1. The fraction of sp³-hybridized carbons (Fsp3) is 0.444. The summed E-state index contributed by atoms with van der Waals surface area (Å²) in [7, 11) is 1.45. The van der Waals surface area contributed by atoms with Gasteiger partial charge in [-0.2, -0.15) is 9.49 Å². The molecule has 0 radical (unpaired) electrons. The van der Waals surface area contributed by atoms with E-state index < -0.39 is 17.5 Å². The molecule has 1 aromatic carbocycles. The van der Waals surface area contributed by atoms with Crippen molar-refractivity contribution in [3.8, 4) is 0 Å². The molecule has 0 bridgehead atoms. The van der Waals surface area contributed by atoms with Gasteiger partial charge in [0.1, 0.15) is 5.56 Å². The Labute approximate surface area is 141 Å². The smallest absolute Gasteiger partial charge is 0.262 e. The van der Waals surface area contributed by atoms with Gasteiger partial charge in [-0.1, -0.05) is 39.0 Å². The van der Waals surface area contributed by atoms with Crippen molar-refractivity contribution < 1.29 is 14.3 Å². The summed E-state index contributed by atoms with van der Waals surface area (Å²) >= 11 is 0. The summed E-state index contributed by atoms with van der Waals surface area (Å²) in [5.74, 6) is -1.30. The molecule has 1 atom stereocenters. The maximum Gasteiger partial charge on any atom is 0.262 e. The van der Waals surface area contributed by atoms with Crippen molar-refractivity contribution in [3.63, 3.8) is 0 Å². The molecule has 0 aliphatic carbocycles. The van der Waals surface area contributed by atoms with Crippen LogP contribution in [0.3, 0.4) is 0 Å². The summed E-state index contributed by atoms with van der Waals surface area (Å²) in [4.78, 5) is 12.5. The third-order valence-corrected chi connectivity index (χ3v) is 4.52. The van der Waals surface area contributed by atoms with E-state index in [2.05, 4.69) is 10.4 Å². The van der Waals surface area contributed by atoms with E-state index in [9.17, 15) is 14.3 Å². The maximum atomic E-state index is 14.1. The van der Waals surface area contributed by atoms with Gasteiger partial charge in [-0.25, -0.2) is 4.68 Å². The number of benzene rings is 1. The van der Waals surface area contributed by atoms with Gasteiger partial charge in [0.2, 0.25) is 5.95 Å². The fourth-order valence-corrected chi connectivity index (χ4v) is 2.95. The van der Waals surface area contributed by atoms with E-state index in [-0.39, 0.29) is 11.5 Å². The molecule has 1 aromatic heterocycles. The second-order valence-electron chi connectivity index (χ2n) is 6.31. The van der Waals surface area contributed by atoms with Gasteiger partial charge in [0.25, 0.3) is 5.91 Å². The quantitative estimate of drug-likeness (QED) is 0.881. The molecule has 24 heavy (non-hydrogen) atoms. The van der Waals surface area contributed by atoms with Crippen molar-refractivity contribution in [3.05, 3.63) is 47.0 Å². The Morgan fingerprint density at radius 3 is 2.54 bits per heavy atom. The zero-order valence-corrected chi connectivity index (χ0v) is 14.7. The summed E-state index contributed by atoms with van der Waals surface area (Å²) in [6.45, 7) is 7.32. The number of carbonyl (C=O) groups is 1. The van der Waals surface area contributed by atoms with Crippen molar-refractivity contribution in [1.29, 1.82) is 0 Å². The molecule has 0 fully saturated rings. The zero-order valence-electron chi connectivity index (χ0n) is 14.7. The number of rotatable bonds is 5. The highest BCUT2D eigenvalue weighted by molar-refractivity contribution is 6.05. The molecule has 0 saturated carbocycles. The Balaban J connectivity index is 2.43. The van der Waals surface area contributed by atoms with E-state index in [1.807, 2.05) is 26.8 Å². The average molecular weight is 333 g/mol. The number of halogens is 1. The van der Waals surface area contributed by atoms with Crippen LogP contribution in [0.4, 0.5) is 10.1 Å². The lowest BCUT2D eigenvalue weighted by Crippen LogP contribution is -2.32. The molecular weight excluding hydrogens is 309 g/mol. The number of carbonyl (C=O) groups excluding carboxylic acids is 1. The van der Waals surface area contributed by atoms with E-state index in [1.165, 1.54) is 7.05 Å². The van der Waals surface area contributed by atoms with Gasteiger partial charge < -0.3 is 10.4 Å². The Kier molecular flexibility index (Phi) is 5.08. The van der Waals surface area contributed by atoms with Crippen LogP contribution >= 0.6 is 0 Å². The molecule has 0 aliphatic heterocycles. The molecule has 1 heterocycles. The second-order valence-corrected chi connectivity index (χ2v) is 6.31. The monoisotopic (exact) mass is 333 g/mol. The zero-order chi connectivity index (χ0) is 18.1. The first-order chi connectivity index (χ1) is 11.2. The summed E-state index contributed by atoms with van der Waals surface area (Å²) in [5.41, 5.74) is 0.254. The molecule has 2 rings (SSSR count). The molecular formula is C18H24FN3O2. The fourth-order valence-electron chi connectivity index (χ4n) is 2.95. The van der Waals surface area contributed by atoms with E-state index >= 15 is 0 Å². The number of amides is 1. The van der Waals surface area contributed by atoms with Crippen molar-refractivity contribution in [1.82, 2.24) is 9.78 Å². The number of nitrogens with zero attached hydrogens (tertiary/aromatic N) is 2. The van der Waals surface area contributed by atoms with E-state index in [1.54, 1.807) is 25.1 Å². The third-order valence-electron chi connectivity index (χ3n) is 4.52. The van der Waals surface area contributed by atoms with Gasteiger partial charge >= 0.3 is 0 Å². The molecule has 0 saturated heterocycles. The summed E-state index contributed by atoms with van der Waals surface area (Å²) in [6, 6.07) is 7.07. The van der Waals surface area contributed by atoms with Crippen LogP contribution in [0.2, 0.25) is 0 Å². The van der Waals surface area contributed by atoms with E-state index in [0.717, 1.165) is 4.68 Å². The number of anilines is 1. The molecule has 0 aliphatic rings. The van der Waals surface area contributed by atoms with Gasteiger partial charge in [-0.3, -0.25) is 4.79 Å². The highest BCUT2D eigenvalue weighted by Gasteiger charge is 2.34. The third kappa shape index (κ3) is 3.06. The van der Waals surface area contributed by atoms with Gasteiger partial charge in [0.05, 0.1) is 11.3 Å². The Morgan fingerprint density at radius 2 is 2.04 bits per heavy atom. The van der Waals surface area contributed by atoms with Gasteiger partial charge in [0.15, 0.2) is 0 Å². The lowest BCUT2D eigenvalue weighted by molar-refractivity contribution is -0.0133. The molecule has 0 spiro atoms. The molecule has 2 N–H and O–H groups in total. The largest absolute Gasteiger partial charge is 0.385 e. The number of hydrogen-bond donors (Lipinski definition) is 2. The first-order valence-corrected chi connectivity index (χ1v) is 8.04. The molecule has 6 heteroatoms. The minimum Gasteiger partial charge on any atom is -0.385 e. The lowest BCUT2D eigenvalue weighted by Gasteiger charge is -2.33. The minimum absolute atomic E-state index is 0.0441. The number of aryl methyl sites for hydroxylation is 2. The van der Waals surface area contributed by atoms with Gasteiger partial charge in [0, 0.05) is 18.3 Å². The van der Waals surface area contributed by atoms with Crippen LogP contribution < -0.4 is 5.32 Å². The van der Waals surface area contributed by atoms with Gasteiger partial charge in [-0.15, -0.1) is 0 Å². The number of nitrogens with one attached hydrogen (secondary N) is 1. The molecule has 1 amide bonds. The van der Waals surface area contributed by atoms with Crippen molar-refractivity contribution >= 4 is 11.6 Å². The average Bonchev–Trinajstić information content (AvgIpc) is 2.79. The van der Waals surface area contributed by atoms with Crippen LogP contribution in [0, 0.1) is 18.8 Å². The minimum atomic E-state index is -1.08. The molecule has 1 unspecified atom stereocenters. The second kappa shape index (κ2) is 6.73. The van der Waals surface area contributed by atoms with Crippen LogP contribution in [-0.2, 0) is 12.6 Å². The van der Waals surface area contributed by atoms with Crippen LogP contribution in [0.25, 0.3) is 0 Å². The highest BCUT2D eigenvalue weighted by Crippen LogP contribution is 2.37. The Bertz CT molecular complexity index is 755. The van der Waals surface area contributed by atoms with Crippen LogP contribution in [0.1, 0.15) is 48.8 Å². The van der Waals surface area contributed by atoms with E-state index in [4.69, 9.17) is 0 Å². The Morgan fingerprint density at radius 1 is 1.42 bits per heavy atom. The topological polar surface area (TPSA) is 67.2 Å².